The lowest BCUT2D eigenvalue weighted by atomic mass is 9.96. The predicted molar refractivity (Wildman–Crippen MR) is 122 cm³/mol. The standard InChI is InChI=1S/C24H24BrN5/c25-23-21(27-24-26-12-7-13-30(23)24)18-28-14-16-29(17-15-28)22(19-8-3-1-4-9-19)20-10-5-2-6-11-20/h1-13,22H,14-18H2. The monoisotopic (exact) mass is 461 g/mol. The van der Waals surface area contributed by atoms with Crippen LogP contribution < -0.4 is 0 Å². The van der Waals surface area contributed by atoms with E-state index in [2.05, 4.69) is 91.4 Å². The SMILES string of the molecule is Brc1c(CN2CCN(C(c3ccccc3)c3ccccc3)CC2)nc2ncccn12. The van der Waals surface area contributed by atoms with Crippen molar-refractivity contribution >= 4 is 21.7 Å². The first-order valence-electron chi connectivity index (χ1n) is 10.3. The average Bonchev–Trinajstić information content (AvgIpc) is 3.12. The zero-order valence-corrected chi connectivity index (χ0v) is 18.3. The Morgan fingerprint density at radius 1 is 0.833 bits per heavy atom. The summed E-state index contributed by atoms with van der Waals surface area (Å²) >= 11 is 3.70. The summed E-state index contributed by atoms with van der Waals surface area (Å²) in [7, 11) is 0. The molecule has 1 fully saturated rings. The Bertz CT molecular complexity index is 1060. The Kier molecular flexibility index (Phi) is 5.62. The average molecular weight is 462 g/mol. The van der Waals surface area contributed by atoms with Crippen LogP contribution in [-0.4, -0.2) is 50.3 Å². The van der Waals surface area contributed by atoms with Crippen LogP contribution in [0.15, 0.2) is 83.7 Å². The van der Waals surface area contributed by atoms with Gasteiger partial charge in [0.25, 0.3) is 0 Å². The number of fused-ring (bicyclic) bond motifs is 1. The number of piperazine rings is 1. The van der Waals surface area contributed by atoms with Crippen molar-refractivity contribution in [3.05, 3.63) is 101 Å². The van der Waals surface area contributed by atoms with Gasteiger partial charge in [0.05, 0.1) is 11.7 Å². The molecule has 0 N–H and O–H groups in total. The molecule has 2 aromatic heterocycles. The highest BCUT2D eigenvalue weighted by molar-refractivity contribution is 9.10. The maximum absolute atomic E-state index is 4.71. The first-order valence-corrected chi connectivity index (χ1v) is 11.1. The van der Waals surface area contributed by atoms with Gasteiger partial charge < -0.3 is 0 Å². The largest absolute Gasteiger partial charge is 0.295 e. The molecule has 0 radical (unpaired) electrons. The van der Waals surface area contributed by atoms with Gasteiger partial charge in [-0.3, -0.25) is 14.2 Å². The van der Waals surface area contributed by atoms with Gasteiger partial charge in [0.2, 0.25) is 5.78 Å². The van der Waals surface area contributed by atoms with Gasteiger partial charge in [-0.1, -0.05) is 60.7 Å². The highest BCUT2D eigenvalue weighted by atomic mass is 79.9. The fourth-order valence-electron chi connectivity index (χ4n) is 4.28. The molecule has 1 aliphatic rings. The molecule has 3 heterocycles. The van der Waals surface area contributed by atoms with Crippen LogP contribution in [0, 0.1) is 0 Å². The molecule has 0 unspecified atom stereocenters. The van der Waals surface area contributed by atoms with Crippen molar-refractivity contribution in [2.24, 2.45) is 0 Å². The van der Waals surface area contributed by atoms with E-state index in [0.29, 0.717) is 6.04 Å². The van der Waals surface area contributed by atoms with Crippen molar-refractivity contribution in [1.29, 1.82) is 0 Å². The Labute approximate surface area is 185 Å². The lowest BCUT2D eigenvalue weighted by Crippen LogP contribution is -2.47. The summed E-state index contributed by atoms with van der Waals surface area (Å²) in [4.78, 5) is 14.1. The summed E-state index contributed by atoms with van der Waals surface area (Å²) < 4.78 is 2.99. The molecule has 0 aliphatic carbocycles. The zero-order valence-electron chi connectivity index (χ0n) is 16.7. The molecule has 0 amide bonds. The minimum Gasteiger partial charge on any atom is -0.295 e. The third-order valence-electron chi connectivity index (χ3n) is 5.79. The fraction of sp³-hybridized carbons (Fsp3) is 0.250. The van der Waals surface area contributed by atoms with E-state index in [1.54, 1.807) is 6.20 Å². The van der Waals surface area contributed by atoms with Crippen LogP contribution in [0.3, 0.4) is 0 Å². The minimum absolute atomic E-state index is 0.292. The van der Waals surface area contributed by atoms with Gasteiger partial charge in [0, 0.05) is 45.1 Å². The zero-order chi connectivity index (χ0) is 20.3. The van der Waals surface area contributed by atoms with Gasteiger partial charge in [-0.15, -0.1) is 0 Å². The van der Waals surface area contributed by atoms with Gasteiger partial charge >= 0.3 is 0 Å². The van der Waals surface area contributed by atoms with Crippen molar-refractivity contribution in [2.45, 2.75) is 12.6 Å². The van der Waals surface area contributed by atoms with Crippen LogP contribution >= 0.6 is 15.9 Å². The third-order valence-corrected chi connectivity index (χ3v) is 6.63. The summed E-state index contributed by atoms with van der Waals surface area (Å²) in [5.41, 5.74) is 3.75. The van der Waals surface area contributed by atoms with Crippen LogP contribution in [0.25, 0.3) is 5.78 Å². The third kappa shape index (κ3) is 3.90. The number of aromatic nitrogens is 3. The summed E-state index contributed by atoms with van der Waals surface area (Å²) in [6.45, 7) is 4.92. The van der Waals surface area contributed by atoms with Gasteiger partial charge in [-0.25, -0.2) is 9.97 Å². The van der Waals surface area contributed by atoms with Crippen molar-refractivity contribution in [2.75, 3.05) is 26.2 Å². The topological polar surface area (TPSA) is 36.7 Å². The maximum atomic E-state index is 4.71. The summed E-state index contributed by atoms with van der Waals surface area (Å²) in [5, 5.41) is 0. The molecule has 152 valence electrons. The van der Waals surface area contributed by atoms with Gasteiger partial charge in [-0.05, 0) is 33.1 Å². The first kappa shape index (κ1) is 19.4. The van der Waals surface area contributed by atoms with E-state index in [0.717, 1.165) is 48.8 Å². The Hall–Kier alpha value is -2.54. The van der Waals surface area contributed by atoms with E-state index in [9.17, 15) is 0 Å². The molecule has 4 aromatic rings. The number of rotatable bonds is 5. The predicted octanol–water partition coefficient (Wildman–Crippen LogP) is 4.40. The fourth-order valence-corrected chi connectivity index (χ4v) is 4.77. The Morgan fingerprint density at radius 2 is 1.47 bits per heavy atom. The molecule has 30 heavy (non-hydrogen) atoms. The molecule has 0 spiro atoms. The van der Waals surface area contributed by atoms with Crippen LogP contribution in [0.5, 0.6) is 0 Å². The molecule has 6 heteroatoms. The molecule has 0 saturated carbocycles. The van der Waals surface area contributed by atoms with E-state index in [4.69, 9.17) is 4.98 Å². The second-order valence-corrected chi connectivity index (χ2v) is 8.43. The molecule has 1 aliphatic heterocycles. The van der Waals surface area contributed by atoms with E-state index < -0.39 is 0 Å². The second-order valence-electron chi connectivity index (χ2n) is 7.68. The van der Waals surface area contributed by atoms with Crippen molar-refractivity contribution in [3.8, 4) is 0 Å². The molecule has 5 nitrogen and oxygen atoms in total. The Morgan fingerprint density at radius 3 is 2.07 bits per heavy atom. The molecule has 5 rings (SSSR count). The number of imidazole rings is 1. The number of benzene rings is 2. The van der Waals surface area contributed by atoms with Crippen molar-refractivity contribution in [3.63, 3.8) is 0 Å². The summed E-state index contributed by atoms with van der Waals surface area (Å²) in [6.07, 6.45) is 3.77. The van der Waals surface area contributed by atoms with E-state index in [1.165, 1.54) is 11.1 Å². The molecular weight excluding hydrogens is 438 g/mol. The van der Waals surface area contributed by atoms with E-state index in [1.807, 2.05) is 16.7 Å². The van der Waals surface area contributed by atoms with E-state index in [-0.39, 0.29) is 0 Å². The lowest BCUT2D eigenvalue weighted by Gasteiger charge is -2.39. The van der Waals surface area contributed by atoms with Crippen LogP contribution in [0.1, 0.15) is 22.9 Å². The normalized spacial score (nSPS) is 15.8. The van der Waals surface area contributed by atoms with Gasteiger partial charge in [0.15, 0.2) is 0 Å². The minimum atomic E-state index is 0.292. The quantitative estimate of drug-likeness (QED) is 0.441. The molecule has 1 saturated heterocycles. The number of hydrogen-bond acceptors (Lipinski definition) is 4. The van der Waals surface area contributed by atoms with Crippen LogP contribution in [0.2, 0.25) is 0 Å². The number of halogens is 1. The smallest absolute Gasteiger partial charge is 0.234 e. The number of hydrogen-bond donors (Lipinski definition) is 0. The van der Waals surface area contributed by atoms with Crippen LogP contribution in [-0.2, 0) is 6.54 Å². The molecular formula is C24H24BrN5. The maximum Gasteiger partial charge on any atom is 0.234 e. The summed E-state index contributed by atoms with van der Waals surface area (Å²) in [5.74, 6) is 0.742. The highest BCUT2D eigenvalue weighted by Crippen LogP contribution is 2.30. The molecule has 0 bridgehead atoms. The van der Waals surface area contributed by atoms with Crippen molar-refractivity contribution < 1.29 is 0 Å². The van der Waals surface area contributed by atoms with Gasteiger partial charge in [0.1, 0.15) is 4.60 Å². The van der Waals surface area contributed by atoms with Crippen molar-refractivity contribution in [1.82, 2.24) is 24.2 Å². The second kappa shape index (κ2) is 8.68. The number of nitrogens with zero attached hydrogens (tertiary/aromatic N) is 5. The van der Waals surface area contributed by atoms with E-state index >= 15 is 0 Å². The van der Waals surface area contributed by atoms with Crippen LogP contribution in [0.4, 0.5) is 0 Å². The first-order chi connectivity index (χ1) is 14.8. The lowest BCUT2D eigenvalue weighted by molar-refractivity contribution is 0.104. The van der Waals surface area contributed by atoms with Gasteiger partial charge in [-0.2, -0.15) is 0 Å². The molecule has 0 atom stereocenters. The summed E-state index contributed by atoms with van der Waals surface area (Å²) in [6, 6.07) is 23.9. The highest BCUT2D eigenvalue weighted by Gasteiger charge is 2.27. The molecule has 2 aromatic carbocycles. The Balaban J connectivity index is 1.32.